The van der Waals surface area contributed by atoms with Gasteiger partial charge in [-0.3, -0.25) is 0 Å². The summed E-state index contributed by atoms with van der Waals surface area (Å²) in [6.45, 7) is -2.69. The Morgan fingerprint density at radius 2 is 1.32 bits per heavy atom. The van der Waals surface area contributed by atoms with Crippen LogP contribution in [0.5, 0.6) is 11.6 Å². The molecule has 0 fully saturated rings. The quantitative estimate of drug-likeness (QED) is 0.101. The van der Waals surface area contributed by atoms with Gasteiger partial charge in [0.1, 0.15) is 0 Å². The van der Waals surface area contributed by atoms with Crippen molar-refractivity contribution in [3.05, 3.63) is 256 Å². The molecule has 0 atom stereocenters. The molecule has 9 aromatic carbocycles. The number of fused-ring (bicyclic) bond motifs is 2. The zero-order chi connectivity index (χ0) is 63.2. The van der Waals surface area contributed by atoms with Crippen LogP contribution >= 0.6 is 0 Å². The van der Waals surface area contributed by atoms with Crippen LogP contribution in [0.3, 0.4) is 0 Å². The van der Waals surface area contributed by atoms with E-state index in [4.69, 9.17) is 26.2 Å². The van der Waals surface area contributed by atoms with Gasteiger partial charge in [0.15, 0.2) is 0 Å². The number of pyridine rings is 1. The number of nitrogens with zero attached hydrogens (tertiary/aromatic N) is 5. The molecule has 1 aliphatic heterocycles. The van der Waals surface area contributed by atoms with Crippen molar-refractivity contribution in [1.82, 2.24) is 14.1 Å². The number of aromatic nitrogens is 3. The summed E-state index contributed by atoms with van der Waals surface area (Å²) in [5.41, 5.74) is 6.66. The van der Waals surface area contributed by atoms with Gasteiger partial charge in [-0.25, -0.2) is 0 Å². The fourth-order valence-electron chi connectivity index (χ4n) is 10.0. The summed E-state index contributed by atoms with van der Waals surface area (Å²) in [6, 6.07) is 60.4. The van der Waals surface area contributed by atoms with Crippen LogP contribution in [0, 0.1) is 36.5 Å². The third kappa shape index (κ3) is 8.85. The van der Waals surface area contributed by atoms with Crippen molar-refractivity contribution in [2.75, 3.05) is 9.62 Å². The van der Waals surface area contributed by atoms with Crippen LogP contribution in [-0.2, 0) is 24.8 Å². The fraction of sp³-hybridized carbons (Fsp3) is 0.104. The third-order valence-electron chi connectivity index (χ3n) is 13.4. The van der Waals surface area contributed by atoms with Gasteiger partial charge in [-0.05, 0) is 12.1 Å². The van der Waals surface area contributed by atoms with E-state index in [0.29, 0.717) is 37.3 Å². The Morgan fingerprint density at radius 1 is 0.627 bits per heavy atom. The predicted octanol–water partition coefficient (Wildman–Crippen LogP) is 16.2. The Morgan fingerprint density at radius 3 is 2.05 bits per heavy atom. The zero-order valence-electron chi connectivity index (χ0n) is 54.9. The molecule has 0 saturated heterocycles. The van der Waals surface area contributed by atoms with Crippen LogP contribution in [0.4, 0.5) is 22.9 Å². The molecule has 12 rings (SSSR count). The number of aryl methyl sites for hydroxylation is 3. The summed E-state index contributed by atoms with van der Waals surface area (Å²) in [5, 5.41) is 0. The van der Waals surface area contributed by atoms with E-state index in [1.54, 1.807) is 24.3 Å². The molecule has 0 radical (unpaired) electrons. The molecule has 0 N–H and O–H groups in total. The van der Waals surface area contributed by atoms with Gasteiger partial charge in [0.2, 0.25) is 0 Å². The molecule has 0 bridgehead atoms. The average Bonchev–Trinajstić information content (AvgIpc) is 1.69. The number of ether oxygens (including phenoxy) is 1. The van der Waals surface area contributed by atoms with Crippen molar-refractivity contribution in [3.63, 3.8) is 0 Å². The molecule has 75 heavy (non-hydrogen) atoms. The van der Waals surface area contributed by atoms with Gasteiger partial charge in [0, 0.05) is 5.69 Å². The van der Waals surface area contributed by atoms with E-state index < -0.39 is 57.8 Å². The normalized spacial score (nSPS) is 15.6. The standard InChI is InChI=1S/C67H54BN5O.Pt/c1-46-39-63(73-62-38-19-18-37-61(62)72(54-31-14-9-15-32-54)68(73)53-29-12-8-13-30-53)69-64(40-46)74-56-43-51(65-47(2)23-20-24-48(65)3)42-55(44-56)70-45-71(60-36-17-16-35-59(60)70)66-57(49-25-10-7-11-26-49)33-22-34-58(66)50-27-21-28-52(41-50)67(4,5)6;/h7-37,39-43H,1-6H3;/q-2;/i1D3,2D3,3D3,7D,10D,11D,25D,26D;. The number of imidazole rings is 1. The van der Waals surface area contributed by atoms with E-state index in [1.807, 2.05) is 135 Å². The molecule has 368 valence electrons. The summed E-state index contributed by atoms with van der Waals surface area (Å²) in [7, 11) is 0. The summed E-state index contributed by atoms with van der Waals surface area (Å²) in [4.78, 5) is 9.15. The molecule has 0 amide bonds. The van der Waals surface area contributed by atoms with Crippen LogP contribution in [0.25, 0.3) is 55.8 Å². The van der Waals surface area contributed by atoms with E-state index in [2.05, 4.69) is 63.1 Å². The number of rotatable bonds is 10. The second-order valence-corrected chi connectivity index (χ2v) is 20.2. The first-order chi connectivity index (χ1) is 42.2. The molecule has 2 aromatic heterocycles. The summed E-state index contributed by atoms with van der Waals surface area (Å²) < 4.78 is 135. The van der Waals surface area contributed by atoms with Crippen LogP contribution in [0.2, 0.25) is 0 Å². The van der Waals surface area contributed by atoms with E-state index in [1.165, 1.54) is 36.4 Å². The van der Waals surface area contributed by atoms with Gasteiger partial charge < -0.3 is 0 Å². The number of benzene rings is 9. The van der Waals surface area contributed by atoms with E-state index in [9.17, 15) is 2.74 Å². The molecular formula is C67H54BN5OPt-2. The minimum absolute atomic E-state index is 0.0349. The van der Waals surface area contributed by atoms with Crippen LogP contribution in [0.15, 0.2) is 218 Å². The summed E-state index contributed by atoms with van der Waals surface area (Å²) in [5.74, 6) is -0.103. The Hall–Kier alpha value is -8.25. The summed E-state index contributed by atoms with van der Waals surface area (Å²) >= 11 is 2.16. The molecule has 0 unspecified atom stereocenters. The number of hydrogen-bond donors (Lipinski definition) is 0. The Balaban J connectivity index is 1.14. The first kappa shape index (κ1) is 34.3. The Kier molecular flexibility index (Phi) is 8.94. The molecule has 0 saturated carbocycles. The molecule has 6 nitrogen and oxygen atoms in total. The van der Waals surface area contributed by atoms with Gasteiger partial charge in [-0.15, -0.1) is 6.07 Å². The number of anilines is 4. The monoisotopic (exact) mass is 1160 g/mol. The van der Waals surface area contributed by atoms with Crippen molar-refractivity contribution in [2.24, 2.45) is 0 Å². The van der Waals surface area contributed by atoms with Crippen molar-refractivity contribution in [2.45, 2.75) is 46.7 Å². The molecule has 8 heteroatoms. The molecular weight excluding hydrogens is 1100 g/mol. The van der Waals surface area contributed by atoms with Gasteiger partial charge in [0.05, 0.1) is 0 Å². The maximum absolute atomic E-state index is 9.33. The molecule has 0 spiro atoms. The first-order valence-electron chi connectivity index (χ1n) is 31.3. The number of hydrogen-bond acceptors (Lipinski definition) is 4. The SMILES string of the molecule is [2H]c1c([2H])c([2H])c(-c2cccc(-c3cccc(C(C)(C)C)c3)c2-n2[c](=[Pt])n(-c3[c-]c(Oc4cc(C([2H])([2H])[2H])cc(N5B(c6ccccc6)N(c6ccccc6)c6ccc[c-]c65)n4)cc(-c4c(C([2H])([2H])[2H])cccc4C([2H])([2H])[2H])c3)c3ccccc32)c([2H])c1[2H]. The van der Waals surface area contributed by atoms with Crippen LogP contribution in [0.1, 0.15) is 62.2 Å². The Labute approximate surface area is 471 Å². The fourth-order valence-corrected chi connectivity index (χ4v) is 11.1. The first-order valence-corrected chi connectivity index (χ1v) is 25.5. The van der Waals surface area contributed by atoms with Crippen molar-refractivity contribution < 1.29 is 43.3 Å². The zero-order valence-corrected chi connectivity index (χ0v) is 43.2. The van der Waals surface area contributed by atoms with Crippen molar-refractivity contribution >= 4 is 46.4 Å². The molecule has 11 aromatic rings. The van der Waals surface area contributed by atoms with E-state index in [0.717, 1.165) is 28.0 Å². The number of para-hydroxylation sites is 5. The van der Waals surface area contributed by atoms with Crippen molar-refractivity contribution in [3.8, 4) is 56.4 Å². The summed E-state index contributed by atoms with van der Waals surface area (Å²) in [6.07, 6.45) is 0. The minimum atomic E-state index is -2.83. The molecule has 0 aliphatic carbocycles. The third-order valence-corrected chi connectivity index (χ3v) is 14.4. The second kappa shape index (κ2) is 19.6. The topological polar surface area (TPSA) is 38.5 Å². The van der Waals surface area contributed by atoms with Crippen LogP contribution < -0.4 is 19.8 Å². The van der Waals surface area contributed by atoms with Crippen molar-refractivity contribution in [1.29, 1.82) is 0 Å². The van der Waals surface area contributed by atoms with Gasteiger partial charge >= 0.3 is 388 Å². The van der Waals surface area contributed by atoms with Crippen LogP contribution in [-0.4, -0.2) is 21.1 Å². The average molecular weight is 1170 g/mol. The van der Waals surface area contributed by atoms with Gasteiger partial charge in [-0.1, -0.05) is 48.5 Å². The Bertz CT molecular complexity index is 4600. The van der Waals surface area contributed by atoms with E-state index >= 15 is 0 Å². The van der Waals surface area contributed by atoms with E-state index in [-0.39, 0.29) is 61.9 Å². The molecule has 3 heterocycles. The van der Waals surface area contributed by atoms with Gasteiger partial charge in [-0.2, -0.15) is 12.1 Å². The second-order valence-electron chi connectivity index (χ2n) is 19.2. The maximum atomic E-state index is 9.33. The predicted molar refractivity (Wildman–Crippen MR) is 306 cm³/mol. The van der Waals surface area contributed by atoms with Gasteiger partial charge in [0.25, 0.3) is 0 Å². The molecule has 1 aliphatic rings.